The number of hydrogen-bond acceptors (Lipinski definition) is 3. The van der Waals surface area contributed by atoms with Crippen molar-refractivity contribution in [3.63, 3.8) is 0 Å². The van der Waals surface area contributed by atoms with Gasteiger partial charge in [0.15, 0.2) is 0 Å². The number of nitrogens with one attached hydrogen (secondary N) is 2. The molecule has 0 aliphatic carbocycles. The third kappa shape index (κ3) is 2.71. The fourth-order valence-corrected chi connectivity index (χ4v) is 2.39. The number of aryl methyl sites for hydroxylation is 2. The van der Waals surface area contributed by atoms with E-state index in [9.17, 15) is 9.90 Å². The van der Waals surface area contributed by atoms with Crippen molar-refractivity contribution in [3.05, 3.63) is 34.9 Å². The van der Waals surface area contributed by atoms with Gasteiger partial charge in [0, 0.05) is 18.7 Å². The van der Waals surface area contributed by atoms with Crippen LogP contribution in [0.25, 0.3) is 0 Å². The van der Waals surface area contributed by atoms with Crippen LogP contribution in [-0.4, -0.2) is 36.2 Å². The Hall–Kier alpha value is -1.39. The van der Waals surface area contributed by atoms with E-state index in [1.54, 1.807) is 0 Å². The molecule has 98 valence electrons. The van der Waals surface area contributed by atoms with E-state index in [2.05, 4.69) is 10.6 Å². The maximum absolute atomic E-state index is 12.1. The van der Waals surface area contributed by atoms with Crippen LogP contribution in [-0.2, 0) is 0 Å². The topological polar surface area (TPSA) is 61.4 Å². The zero-order valence-electron chi connectivity index (χ0n) is 10.9. The van der Waals surface area contributed by atoms with Crippen LogP contribution in [0.5, 0.6) is 0 Å². The second kappa shape index (κ2) is 5.08. The Morgan fingerprint density at radius 3 is 2.67 bits per heavy atom. The minimum absolute atomic E-state index is 0.106. The molecular weight excluding hydrogens is 228 g/mol. The van der Waals surface area contributed by atoms with Crippen molar-refractivity contribution in [2.24, 2.45) is 0 Å². The number of amides is 1. The van der Waals surface area contributed by atoms with E-state index in [1.807, 2.05) is 32.0 Å². The van der Waals surface area contributed by atoms with Gasteiger partial charge in [0.25, 0.3) is 5.91 Å². The lowest BCUT2D eigenvalue weighted by molar-refractivity contribution is 0.0561. The summed E-state index contributed by atoms with van der Waals surface area (Å²) in [7, 11) is 0. The van der Waals surface area contributed by atoms with E-state index in [-0.39, 0.29) is 5.91 Å². The van der Waals surface area contributed by atoms with E-state index in [0.29, 0.717) is 25.1 Å². The van der Waals surface area contributed by atoms with E-state index < -0.39 is 5.60 Å². The van der Waals surface area contributed by atoms with Crippen LogP contribution in [0.1, 0.15) is 27.9 Å². The third-order valence-electron chi connectivity index (χ3n) is 3.51. The van der Waals surface area contributed by atoms with Crippen LogP contribution in [0.4, 0.5) is 0 Å². The zero-order valence-corrected chi connectivity index (χ0v) is 10.9. The monoisotopic (exact) mass is 248 g/mol. The molecule has 0 saturated carbocycles. The molecule has 1 aromatic carbocycles. The second-order valence-corrected chi connectivity index (χ2v) is 5.10. The quantitative estimate of drug-likeness (QED) is 0.740. The summed E-state index contributed by atoms with van der Waals surface area (Å²) in [6.45, 7) is 5.49. The molecule has 1 atom stereocenters. The highest BCUT2D eigenvalue weighted by atomic mass is 16.3. The summed E-state index contributed by atoms with van der Waals surface area (Å²) in [5.41, 5.74) is 1.84. The Morgan fingerprint density at radius 2 is 2.11 bits per heavy atom. The van der Waals surface area contributed by atoms with Gasteiger partial charge < -0.3 is 15.7 Å². The number of rotatable bonds is 3. The SMILES string of the molecule is Cc1cccc(C)c1C(=O)NCC1(O)CCNC1. The van der Waals surface area contributed by atoms with Gasteiger partial charge in [-0.25, -0.2) is 0 Å². The summed E-state index contributed by atoms with van der Waals surface area (Å²) in [6, 6.07) is 5.79. The van der Waals surface area contributed by atoms with Crippen molar-refractivity contribution in [1.29, 1.82) is 0 Å². The van der Waals surface area contributed by atoms with Crippen molar-refractivity contribution in [2.45, 2.75) is 25.9 Å². The number of hydrogen-bond donors (Lipinski definition) is 3. The van der Waals surface area contributed by atoms with Crippen LogP contribution >= 0.6 is 0 Å². The predicted molar refractivity (Wildman–Crippen MR) is 70.7 cm³/mol. The molecule has 1 saturated heterocycles. The van der Waals surface area contributed by atoms with Crippen LogP contribution in [0.15, 0.2) is 18.2 Å². The molecule has 0 bridgehead atoms. The molecule has 1 fully saturated rings. The first-order chi connectivity index (χ1) is 8.52. The Balaban J connectivity index is 2.04. The number of benzene rings is 1. The van der Waals surface area contributed by atoms with E-state index in [1.165, 1.54) is 0 Å². The minimum atomic E-state index is -0.799. The Morgan fingerprint density at radius 1 is 1.44 bits per heavy atom. The molecule has 1 aliphatic heterocycles. The normalized spacial score (nSPS) is 23.1. The smallest absolute Gasteiger partial charge is 0.251 e. The fraction of sp³-hybridized carbons (Fsp3) is 0.500. The van der Waals surface area contributed by atoms with E-state index in [0.717, 1.165) is 17.7 Å². The van der Waals surface area contributed by atoms with Crippen LogP contribution in [0.3, 0.4) is 0 Å². The summed E-state index contributed by atoms with van der Waals surface area (Å²) in [6.07, 6.45) is 0.681. The van der Waals surface area contributed by atoms with Gasteiger partial charge in [0.05, 0.1) is 5.60 Å². The second-order valence-electron chi connectivity index (χ2n) is 5.10. The van der Waals surface area contributed by atoms with Crippen molar-refractivity contribution in [3.8, 4) is 0 Å². The van der Waals surface area contributed by atoms with E-state index >= 15 is 0 Å². The van der Waals surface area contributed by atoms with Gasteiger partial charge in [-0.05, 0) is 37.9 Å². The third-order valence-corrected chi connectivity index (χ3v) is 3.51. The lowest BCUT2D eigenvalue weighted by Crippen LogP contribution is -2.44. The number of carbonyl (C=O) groups excluding carboxylic acids is 1. The number of carbonyl (C=O) groups is 1. The Kier molecular flexibility index (Phi) is 3.68. The Labute approximate surface area is 107 Å². The average Bonchev–Trinajstić information content (AvgIpc) is 2.74. The van der Waals surface area contributed by atoms with Gasteiger partial charge in [0.1, 0.15) is 0 Å². The summed E-state index contributed by atoms with van der Waals surface area (Å²) >= 11 is 0. The maximum Gasteiger partial charge on any atom is 0.251 e. The highest BCUT2D eigenvalue weighted by Gasteiger charge is 2.31. The van der Waals surface area contributed by atoms with Crippen LogP contribution in [0.2, 0.25) is 0 Å². The molecule has 0 radical (unpaired) electrons. The number of β-amino-alcohol motifs (C(OH)–C–C–N with tert-alkyl or cyclic N) is 1. The van der Waals surface area contributed by atoms with Crippen LogP contribution in [0, 0.1) is 13.8 Å². The molecule has 1 unspecified atom stereocenters. The first kappa shape index (κ1) is 13.1. The molecule has 4 heteroatoms. The highest BCUT2D eigenvalue weighted by Crippen LogP contribution is 2.15. The molecule has 4 nitrogen and oxygen atoms in total. The molecule has 3 N–H and O–H groups in total. The van der Waals surface area contributed by atoms with Crippen molar-refractivity contribution < 1.29 is 9.90 Å². The standard InChI is InChI=1S/C14H20N2O2/c1-10-4-3-5-11(2)12(10)13(17)16-9-14(18)6-7-15-8-14/h3-5,15,18H,6-9H2,1-2H3,(H,16,17). The van der Waals surface area contributed by atoms with Gasteiger partial charge in [-0.15, -0.1) is 0 Å². The van der Waals surface area contributed by atoms with Gasteiger partial charge >= 0.3 is 0 Å². The molecule has 2 rings (SSSR count). The summed E-state index contributed by atoms with van der Waals surface area (Å²) in [5, 5.41) is 16.1. The fourth-order valence-electron chi connectivity index (χ4n) is 2.39. The maximum atomic E-state index is 12.1. The van der Waals surface area contributed by atoms with Crippen molar-refractivity contribution >= 4 is 5.91 Å². The molecule has 1 aliphatic rings. The van der Waals surface area contributed by atoms with E-state index in [4.69, 9.17) is 0 Å². The first-order valence-electron chi connectivity index (χ1n) is 6.29. The first-order valence-corrected chi connectivity index (χ1v) is 6.29. The molecule has 1 heterocycles. The molecule has 0 aromatic heterocycles. The molecular formula is C14H20N2O2. The van der Waals surface area contributed by atoms with Gasteiger partial charge in [-0.1, -0.05) is 18.2 Å². The highest BCUT2D eigenvalue weighted by molar-refractivity contribution is 5.97. The lowest BCUT2D eigenvalue weighted by Gasteiger charge is -2.22. The lowest BCUT2D eigenvalue weighted by atomic mass is 10.0. The van der Waals surface area contributed by atoms with Gasteiger partial charge in [0.2, 0.25) is 0 Å². The largest absolute Gasteiger partial charge is 0.387 e. The van der Waals surface area contributed by atoms with Crippen molar-refractivity contribution in [1.82, 2.24) is 10.6 Å². The molecule has 0 spiro atoms. The van der Waals surface area contributed by atoms with Gasteiger partial charge in [-0.2, -0.15) is 0 Å². The molecule has 1 amide bonds. The minimum Gasteiger partial charge on any atom is -0.387 e. The summed E-state index contributed by atoms with van der Waals surface area (Å²) in [5.74, 6) is -0.106. The molecule has 1 aromatic rings. The zero-order chi connectivity index (χ0) is 13.2. The predicted octanol–water partition coefficient (Wildman–Crippen LogP) is 0.758. The summed E-state index contributed by atoms with van der Waals surface area (Å²) < 4.78 is 0. The van der Waals surface area contributed by atoms with Crippen molar-refractivity contribution in [2.75, 3.05) is 19.6 Å². The van der Waals surface area contributed by atoms with Crippen LogP contribution < -0.4 is 10.6 Å². The van der Waals surface area contributed by atoms with Gasteiger partial charge in [-0.3, -0.25) is 4.79 Å². The molecule has 18 heavy (non-hydrogen) atoms. The Bertz CT molecular complexity index is 431. The number of aliphatic hydroxyl groups is 1. The summed E-state index contributed by atoms with van der Waals surface area (Å²) in [4.78, 5) is 12.1. The average molecular weight is 248 g/mol.